The van der Waals surface area contributed by atoms with Gasteiger partial charge in [-0.3, -0.25) is 0 Å². The van der Waals surface area contributed by atoms with Crippen LogP contribution in [-0.4, -0.2) is 50.5 Å². The minimum Gasteiger partial charge on any atom is -0.387 e. The van der Waals surface area contributed by atoms with E-state index < -0.39 is 6.10 Å². The number of hydrogen-bond acceptors (Lipinski definition) is 4. The number of aliphatic hydroxyl groups excluding tert-OH is 1. The summed E-state index contributed by atoms with van der Waals surface area (Å²) in [6.45, 7) is 5.89. The molecule has 6 nitrogen and oxygen atoms in total. The molecule has 2 amide bonds. The highest BCUT2D eigenvalue weighted by Gasteiger charge is 2.13. The molecule has 1 saturated heterocycles. The van der Waals surface area contributed by atoms with Crippen molar-refractivity contribution in [2.45, 2.75) is 13.0 Å². The Balaban J connectivity index is 1.87. The number of benzene rings is 1. The van der Waals surface area contributed by atoms with E-state index in [1.165, 1.54) is 0 Å². The van der Waals surface area contributed by atoms with Crippen molar-refractivity contribution in [3.63, 3.8) is 0 Å². The molecule has 1 atom stereocenters. The Labute approximate surface area is 125 Å². The molecule has 0 aliphatic carbocycles. The van der Waals surface area contributed by atoms with Crippen LogP contribution >= 0.6 is 0 Å². The molecule has 0 aromatic heterocycles. The van der Waals surface area contributed by atoms with Crippen molar-refractivity contribution in [2.24, 2.45) is 0 Å². The number of nitrogens with zero attached hydrogens (tertiary/aromatic N) is 1. The summed E-state index contributed by atoms with van der Waals surface area (Å²) in [5.74, 6) is 0. The molecule has 1 aliphatic rings. The Morgan fingerprint density at radius 1 is 1.29 bits per heavy atom. The number of carbonyl (C=O) groups excluding carboxylic acids is 1. The first-order chi connectivity index (χ1) is 10.2. The molecule has 0 spiro atoms. The van der Waals surface area contributed by atoms with E-state index >= 15 is 0 Å². The number of amides is 2. The molecule has 6 heteroatoms. The predicted molar refractivity (Wildman–Crippen MR) is 81.5 cm³/mol. The minimum atomic E-state index is -0.702. The molecule has 1 unspecified atom stereocenters. The Morgan fingerprint density at radius 2 is 1.95 bits per heavy atom. The second kappa shape index (κ2) is 7.85. The maximum atomic E-state index is 11.3. The van der Waals surface area contributed by atoms with Crippen LogP contribution in [0.4, 0.5) is 10.5 Å². The van der Waals surface area contributed by atoms with Crippen LogP contribution in [0.5, 0.6) is 0 Å². The Hall–Kier alpha value is -1.79. The maximum Gasteiger partial charge on any atom is 0.314 e. The Kier molecular flexibility index (Phi) is 5.83. The molecule has 21 heavy (non-hydrogen) atoms. The van der Waals surface area contributed by atoms with Crippen LogP contribution in [0.15, 0.2) is 24.3 Å². The van der Waals surface area contributed by atoms with Gasteiger partial charge in [-0.25, -0.2) is 4.79 Å². The van der Waals surface area contributed by atoms with E-state index in [4.69, 9.17) is 4.74 Å². The van der Waals surface area contributed by atoms with Gasteiger partial charge in [-0.15, -0.1) is 0 Å². The predicted octanol–water partition coefficient (Wildman–Crippen LogP) is 0.876. The van der Waals surface area contributed by atoms with Crippen LogP contribution in [-0.2, 0) is 4.74 Å². The van der Waals surface area contributed by atoms with Gasteiger partial charge in [0.05, 0.1) is 19.3 Å². The molecule has 1 heterocycles. The number of hydrogen-bond donors (Lipinski definition) is 3. The van der Waals surface area contributed by atoms with Crippen LogP contribution in [0.3, 0.4) is 0 Å². The van der Waals surface area contributed by atoms with Crippen molar-refractivity contribution in [1.82, 2.24) is 10.6 Å². The fourth-order valence-electron chi connectivity index (χ4n) is 2.26. The topological polar surface area (TPSA) is 73.8 Å². The lowest BCUT2D eigenvalue weighted by atomic mass is 10.1. The van der Waals surface area contributed by atoms with Gasteiger partial charge in [-0.1, -0.05) is 12.1 Å². The third kappa shape index (κ3) is 4.61. The standard InChI is InChI=1S/C15H23N3O3/c1-2-16-15(20)17-11-14(19)12-3-5-13(6-4-12)18-7-9-21-10-8-18/h3-6,14,19H,2,7-11H2,1H3,(H2,16,17,20). The van der Waals surface area contributed by atoms with E-state index in [1.54, 1.807) is 0 Å². The van der Waals surface area contributed by atoms with Crippen molar-refractivity contribution in [1.29, 1.82) is 0 Å². The Bertz CT molecular complexity index is 444. The highest BCUT2D eigenvalue weighted by molar-refractivity contribution is 5.73. The van der Waals surface area contributed by atoms with E-state index in [2.05, 4.69) is 15.5 Å². The number of morpholine rings is 1. The smallest absolute Gasteiger partial charge is 0.314 e. The van der Waals surface area contributed by atoms with Gasteiger partial charge in [-0.2, -0.15) is 0 Å². The zero-order chi connectivity index (χ0) is 15.1. The maximum absolute atomic E-state index is 11.3. The second-order valence-electron chi connectivity index (χ2n) is 4.95. The number of rotatable bonds is 5. The van der Waals surface area contributed by atoms with Crippen molar-refractivity contribution in [3.05, 3.63) is 29.8 Å². The van der Waals surface area contributed by atoms with E-state index in [9.17, 15) is 9.90 Å². The zero-order valence-corrected chi connectivity index (χ0v) is 12.3. The number of aliphatic hydroxyl groups is 1. The SMILES string of the molecule is CCNC(=O)NCC(O)c1ccc(N2CCOCC2)cc1. The Morgan fingerprint density at radius 3 is 2.57 bits per heavy atom. The summed E-state index contributed by atoms with van der Waals surface area (Å²) in [6.07, 6.45) is -0.702. The molecule has 2 rings (SSSR count). The summed E-state index contributed by atoms with van der Waals surface area (Å²) in [5.41, 5.74) is 1.93. The third-order valence-corrected chi connectivity index (χ3v) is 3.45. The van der Waals surface area contributed by atoms with Gasteiger partial charge in [0.25, 0.3) is 0 Å². The van der Waals surface area contributed by atoms with Gasteiger partial charge < -0.3 is 25.4 Å². The van der Waals surface area contributed by atoms with Gasteiger partial charge >= 0.3 is 6.03 Å². The van der Waals surface area contributed by atoms with Gasteiger partial charge in [-0.05, 0) is 24.6 Å². The molecule has 1 aromatic rings. The van der Waals surface area contributed by atoms with Crippen molar-refractivity contribution in [3.8, 4) is 0 Å². The van der Waals surface area contributed by atoms with Crippen molar-refractivity contribution < 1.29 is 14.6 Å². The molecular formula is C15H23N3O3. The van der Waals surface area contributed by atoms with Crippen molar-refractivity contribution in [2.75, 3.05) is 44.3 Å². The quantitative estimate of drug-likeness (QED) is 0.753. The average Bonchev–Trinajstić information content (AvgIpc) is 2.54. The minimum absolute atomic E-state index is 0.197. The normalized spacial score (nSPS) is 16.4. The lowest BCUT2D eigenvalue weighted by Gasteiger charge is -2.29. The molecular weight excluding hydrogens is 270 g/mol. The number of ether oxygens (including phenoxy) is 1. The second-order valence-corrected chi connectivity index (χ2v) is 4.95. The largest absolute Gasteiger partial charge is 0.387 e. The molecule has 0 bridgehead atoms. The molecule has 0 radical (unpaired) electrons. The summed E-state index contributed by atoms with van der Waals surface area (Å²) >= 11 is 0. The highest BCUT2D eigenvalue weighted by Crippen LogP contribution is 2.19. The summed E-state index contributed by atoms with van der Waals surface area (Å²) in [7, 11) is 0. The van der Waals surface area contributed by atoms with E-state index in [0.29, 0.717) is 6.54 Å². The molecule has 1 fully saturated rings. The van der Waals surface area contributed by atoms with Gasteiger partial charge in [0.2, 0.25) is 0 Å². The lowest BCUT2D eigenvalue weighted by Crippen LogP contribution is -2.37. The molecule has 1 aliphatic heterocycles. The van der Waals surface area contributed by atoms with E-state index in [-0.39, 0.29) is 12.6 Å². The summed E-state index contributed by atoms with van der Waals surface area (Å²) in [6, 6.07) is 7.52. The summed E-state index contributed by atoms with van der Waals surface area (Å²) in [4.78, 5) is 13.5. The van der Waals surface area contributed by atoms with Gasteiger partial charge in [0.15, 0.2) is 0 Å². The van der Waals surface area contributed by atoms with Crippen LogP contribution in [0.2, 0.25) is 0 Å². The van der Waals surface area contributed by atoms with Crippen LogP contribution in [0.1, 0.15) is 18.6 Å². The lowest BCUT2D eigenvalue weighted by molar-refractivity contribution is 0.122. The van der Waals surface area contributed by atoms with Crippen LogP contribution in [0, 0.1) is 0 Å². The molecule has 3 N–H and O–H groups in total. The third-order valence-electron chi connectivity index (χ3n) is 3.45. The van der Waals surface area contributed by atoms with Crippen LogP contribution in [0.25, 0.3) is 0 Å². The number of nitrogens with one attached hydrogen (secondary N) is 2. The molecule has 0 saturated carbocycles. The van der Waals surface area contributed by atoms with E-state index in [0.717, 1.165) is 37.6 Å². The first kappa shape index (κ1) is 15.6. The molecule has 1 aromatic carbocycles. The summed E-state index contributed by atoms with van der Waals surface area (Å²) < 4.78 is 5.33. The van der Waals surface area contributed by atoms with E-state index in [1.807, 2.05) is 31.2 Å². The zero-order valence-electron chi connectivity index (χ0n) is 12.3. The fraction of sp³-hybridized carbons (Fsp3) is 0.533. The number of anilines is 1. The summed E-state index contributed by atoms with van der Waals surface area (Å²) in [5, 5.41) is 15.3. The van der Waals surface area contributed by atoms with Gasteiger partial charge in [0.1, 0.15) is 0 Å². The van der Waals surface area contributed by atoms with Crippen LogP contribution < -0.4 is 15.5 Å². The van der Waals surface area contributed by atoms with Crippen molar-refractivity contribution >= 4 is 11.7 Å². The molecule has 116 valence electrons. The first-order valence-electron chi connectivity index (χ1n) is 7.33. The highest BCUT2D eigenvalue weighted by atomic mass is 16.5. The van der Waals surface area contributed by atoms with Gasteiger partial charge in [0, 0.05) is 31.9 Å². The fourth-order valence-corrected chi connectivity index (χ4v) is 2.26. The average molecular weight is 293 g/mol. The monoisotopic (exact) mass is 293 g/mol. The first-order valence-corrected chi connectivity index (χ1v) is 7.33. The number of carbonyl (C=O) groups is 1. The number of urea groups is 1.